The smallest absolute Gasteiger partial charge is 0.339 e. The van der Waals surface area contributed by atoms with Gasteiger partial charge in [0.15, 0.2) is 6.10 Å². The van der Waals surface area contributed by atoms with Gasteiger partial charge in [0.2, 0.25) is 0 Å². The number of aliphatic hydroxyl groups excluding tert-OH is 1. The first-order chi connectivity index (χ1) is 8.42. The minimum Gasteiger partial charge on any atom is -0.467 e. The molecule has 5 nitrogen and oxygen atoms in total. The summed E-state index contributed by atoms with van der Waals surface area (Å²) < 4.78 is 9.11. The highest BCUT2D eigenvalue weighted by atomic mass is 16.5. The SMILES string of the molecule is COC(=O)c1cc(C(O)C(=O)OC)c(C)cc1C. The summed E-state index contributed by atoms with van der Waals surface area (Å²) in [4.78, 5) is 22.9. The summed E-state index contributed by atoms with van der Waals surface area (Å²) in [5.74, 6) is -1.27. The van der Waals surface area contributed by atoms with Crippen LogP contribution < -0.4 is 0 Å². The summed E-state index contributed by atoms with van der Waals surface area (Å²) in [5.41, 5.74) is 2.09. The number of benzene rings is 1. The van der Waals surface area contributed by atoms with E-state index in [1.807, 2.05) is 0 Å². The molecule has 0 aromatic heterocycles. The van der Waals surface area contributed by atoms with E-state index in [2.05, 4.69) is 9.47 Å². The second-order valence-electron chi connectivity index (χ2n) is 3.94. The predicted molar refractivity (Wildman–Crippen MR) is 64.2 cm³/mol. The van der Waals surface area contributed by atoms with Crippen molar-refractivity contribution in [3.05, 3.63) is 34.4 Å². The van der Waals surface area contributed by atoms with Gasteiger partial charge in [0.25, 0.3) is 0 Å². The normalized spacial score (nSPS) is 11.8. The fourth-order valence-corrected chi connectivity index (χ4v) is 1.73. The van der Waals surface area contributed by atoms with Crippen LogP contribution in [0.15, 0.2) is 12.1 Å². The Bertz CT molecular complexity index is 479. The van der Waals surface area contributed by atoms with E-state index in [4.69, 9.17) is 0 Å². The van der Waals surface area contributed by atoms with Crippen molar-refractivity contribution in [1.82, 2.24) is 0 Å². The zero-order chi connectivity index (χ0) is 13.9. The fourth-order valence-electron chi connectivity index (χ4n) is 1.73. The lowest BCUT2D eigenvalue weighted by Crippen LogP contribution is -2.16. The summed E-state index contributed by atoms with van der Waals surface area (Å²) >= 11 is 0. The molecule has 1 atom stereocenters. The molecule has 1 aromatic carbocycles. The van der Waals surface area contributed by atoms with Crippen molar-refractivity contribution in [2.24, 2.45) is 0 Å². The van der Waals surface area contributed by atoms with Crippen molar-refractivity contribution >= 4 is 11.9 Å². The van der Waals surface area contributed by atoms with Crippen molar-refractivity contribution in [3.63, 3.8) is 0 Å². The summed E-state index contributed by atoms with van der Waals surface area (Å²) in [6.07, 6.45) is -1.40. The average Bonchev–Trinajstić information content (AvgIpc) is 2.36. The lowest BCUT2D eigenvalue weighted by atomic mass is 9.96. The number of carbonyl (C=O) groups is 2. The van der Waals surface area contributed by atoms with Crippen LogP contribution in [0.4, 0.5) is 0 Å². The molecular weight excluding hydrogens is 236 g/mol. The summed E-state index contributed by atoms with van der Waals surface area (Å²) in [6.45, 7) is 3.50. The predicted octanol–water partition coefficient (Wildman–Crippen LogP) is 1.30. The topological polar surface area (TPSA) is 72.8 Å². The Hall–Kier alpha value is -1.88. The first-order valence-corrected chi connectivity index (χ1v) is 5.37. The molecule has 0 saturated carbocycles. The standard InChI is InChI=1S/C13H16O5/c1-7-5-8(2)10(12(15)17-3)6-9(7)11(14)13(16)18-4/h5-6,11,14H,1-4H3. The Morgan fingerprint density at radius 1 is 1.11 bits per heavy atom. The minimum absolute atomic E-state index is 0.320. The number of rotatable bonds is 3. The lowest BCUT2D eigenvalue weighted by molar-refractivity contribution is -0.150. The van der Waals surface area contributed by atoms with E-state index in [0.717, 1.165) is 5.56 Å². The van der Waals surface area contributed by atoms with Gasteiger partial charge in [0.1, 0.15) is 0 Å². The van der Waals surface area contributed by atoms with Crippen LogP contribution in [0.3, 0.4) is 0 Å². The zero-order valence-corrected chi connectivity index (χ0v) is 10.8. The summed E-state index contributed by atoms with van der Waals surface area (Å²) in [5, 5.41) is 9.81. The van der Waals surface area contributed by atoms with E-state index in [1.54, 1.807) is 19.9 Å². The molecule has 0 heterocycles. The van der Waals surface area contributed by atoms with E-state index < -0.39 is 18.0 Å². The number of methoxy groups -OCH3 is 2. The molecule has 1 unspecified atom stereocenters. The van der Waals surface area contributed by atoms with Crippen LogP contribution in [-0.2, 0) is 14.3 Å². The van der Waals surface area contributed by atoms with Gasteiger partial charge in [-0.15, -0.1) is 0 Å². The van der Waals surface area contributed by atoms with Crippen LogP contribution in [0.2, 0.25) is 0 Å². The van der Waals surface area contributed by atoms with Gasteiger partial charge in [-0.3, -0.25) is 0 Å². The molecule has 0 aliphatic heterocycles. The maximum Gasteiger partial charge on any atom is 0.339 e. The molecular formula is C13H16O5. The molecule has 0 radical (unpaired) electrons. The quantitative estimate of drug-likeness (QED) is 0.821. The van der Waals surface area contributed by atoms with Gasteiger partial charge in [-0.25, -0.2) is 9.59 Å². The second-order valence-corrected chi connectivity index (χ2v) is 3.94. The molecule has 98 valence electrons. The first-order valence-electron chi connectivity index (χ1n) is 5.37. The molecule has 1 N–H and O–H groups in total. The Kier molecular flexibility index (Phi) is 4.44. The number of aliphatic hydroxyl groups is 1. The Morgan fingerprint density at radius 2 is 1.72 bits per heavy atom. The number of esters is 2. The molecule has 0 fully saturated rings. The minimum atomic E-state index is -1.40. The van der Waals surface area contributed by atoms with Gasteiger partial charge < -0.3 is 14.6 Å². The van der Waals surface area contributed by atoms with E-state index in [0.29, 0.717) is 16.7 Å². The molecule has 0 aliphatic rings. The largest absolute Gasteiger partial charge is 0.467 e. The Morgan fingerprint density at radius 3 is 2.22 bits per heavy atom. The van der Waals surface area contributed by atoms with Crippen LogP contribution in [0.25, 0.3) is 0 Å². The fraction of sp³-hybridized carbons (Fsp3) is 0.385. The van der Waals surface area contributed by atoms with E-state index in [-0.39, 0.29) is 0 Å². The van der Waals surface area contributed by atoms with E-state index in [1.165, 1.54) is 20.3 Å². The van der Waals surface area contributed by atoms with Crippen molar-refractivity contribution in [2.75, 3.05) is 14.2 Å². The van der Waals surface area contributed by atoms with Gasteiger partial charge in [-0.05, 0) is 36.6 Å². The van der Waals surface area contributed by atoms with Crippen molar-refractivity contribution < 1.29 is 24.2 Å². The molecule has 0 bridgehead atoms. The van der Waals surface area contributed by atoms with Gasteiger partial charge in [-0.2, -0.15) is 0 Å². The lowest BCUT2D eigenvalue weighted by Gasteiger charge is -2.14. The van der Waals surface area contributed by atoms with E-state index in [9.17, 15) is 14.7 Å². The van der Waals surface area contributed by atoms with Gasteiger partial charge in [-0.1, -0.05) is 6.07 Å². The molecule has 0 aliphatic carbocycles. The highest BCUT2D eigenvalue weighted by Gasteiger charge is 2.22. The van der Waals surface area contributed by atoms with Crippen LogP contribution in [-0.4, -0.2) is 31.3 Å². The molecule has 5 heteroatoms. The third-order valence-electron chi connectivity index (χ3n) is 2.74. The highest BCUT2D eigenvalue weighted by molar-refractivity contribution is 5.92. The molecule has 1 rings (SSSR count). The molecule has 0 amide bonds. The molecule has 18 heavy (non-hydrogen) atoms. The van der Waals surface area contributed by atoms with Crippen LogP contribution >= 0.6 is 0 Å². The number of carbonyl (C=O) groups excluding carboxylic acids is 2. The van der Waals surface area contributed by atoms with E-state index >= 15 is 0 Å². The number of hydrogen-bond acceptors (Lipinski definition) is 5. The monoisotopic (exact) mass is 252 g/mol. The van der Waals surface area contributed by atoms with Crippen molar-refractivity contribution in [1.29, 1.82) is 0 Å². The molecule has 1 aromatic rings. The maximum absolute atomic E-state index is 11.5. The van der Waals surface area contributed by atoms with Crippen LogP contribution in [0, 0.1) is 13.8 Å². The summed E-state index contributed by atoms with van der Waals surface area (Å²) in [7, 11) is 2.47. The number of aryl methyl sites for hydroxylation is 2. The third kappa shape index (κ3) is 2.68. The number of hydrogen-bond donors (Lipinski definition) is 1. The number of ether oxygens (including phenoxy) is 2. The Labute approximate surface area is 105 Å². The zero-order valence-electron chi connectivity index (χ0n) is 10.8. The van der Waals surface area contributed by atoms with Crippen molar-refractivity contribution in [3.8, 4) is 0 Å². The van der Waals surface area contributed by atoms with Gasteiger partial charge >= 0.3 is 11.9 Å². The van der Waals surface area contributed by atoms with Gasteiger partial charge in [0, 0.05) is 0 Å². The Balaban J connectivity index is 3.29. The second kappa shape index (κ2) is 5.64. The van der Waals surface area contributed by atoms with Gasteiger partial charge in [0.05, 0.1) is 19.8 Å². The van der Waals surface area contributed by atoms with Crippen LogP contribution in [0.5, 0.6) is 0 Å². The third-order valence-corrected chi connectivity index (χ3v) is 2.74. The molecule has 0 saturated heterocycles. The van der Waals surface area contributed by atoms with Crippen molar-refractivity contribution in [2.45, 2.75) is 20.0 Å². The molecule has 0 spiro atoms. The highest BCUT2D eigenvalue weighted by Crippen LogP contribution is 2.23. The maximum atomic E-state index is 11.5. The summed E-state index contributed by atoms with van der Waals surface area (Å²) in [6, 6.07) is 3.17. The van der Waals surface area contributed by atoms with Crippen LogP contribution in [0.1, 0.15) is 33.2 Å². The first kappa shape index (κ1) is 14.2. The average molecular weight is 252 g/mol.